The maximum Gasteiger partial charge on any atom is 0.243 e. The Kier molecular flexibility index (Phi) is 6.79. The summed E-state index contributed by atoms with van der Waals surface area (Å²) >= 11 is 5.84. The summed E-state index contributed by atoms with van der Waals surface area (Å²) in [5, 5.41) is 0.373. The van der Waals surface area contributed by atoms with Gasteiger partial charge in [-0.1, -0.05) is 38.3 Å². The molecule has 0 fully saturated rings. The quantitative estimate of drug-likeness (QED) is 0.746. The average Bonchev–Trinajstić information content (AvgIpc) is 2.41. The SMILES string of the molecule is CCCCN(CCCC)S(=O)(=O)c1ccc(Cl)c(N)c1. The molecule has 0 saturated carbocycles. The summed E-state index contributed by atoms with van der Waals surface area (Å²) in [7, 11) is -3.49. The van der Waals surface area contributed by atoms with Crippen LogP contribution in [0.1, 0.15) is 39.5 Å². The minimum absolute atomic E-state index is 0.214. The molecule has 0 aliphatic rings. The Labute approximate surface area is 127 Å². The predicted octanol–water partition coefficient (Wildman–Crippen LogP) is 3.51. The summed E-state index contributed by atoms with van der Waals surface area (Å²) in [5.41, 5.74) is 5.99. The van der Waals surface area contributed by atoms with E-state index in [1.54, 1.807) is 4.31 Å². The molecule has 6 heteroatoms. The van der Waals surface area contributed by atoms with Crippen LogP contribution >= 0.6 is 11.6 Å². The number of halogens is 1. The number of sulfonamides is 1. The fraction of sp³-hybridized carbons (Fsp3) is 0.571. The Balaban J connectivity index is 3.03. The largest absolute Gasteiger partial charge is 0.397 e. The molecule has 0 bridgehead atoms. The van der Waals surface area contributed by atoms with E-state index >= 15 is 0 Å². The summed E-state index contributed by atoms with van der Waals surface area (Å²) in [4.78, 5) is 0.214. The fourth-order valence-electron chi connectivity index (χ4n) is 1.85. The molecule has 0 spiro atoms. The number of nitrogens with two attached hydrogens (primary N) is 1. The third-order valence-electron chi connectivity index (χ3n) is 3.13. The minimum atomic E-state index is -3.49. The van der Waals surface area contributed by atoms with E-state index in [0.29, 0.717) is 23.8 Å². The van der Waals surface area contributed by atoms with Gasteiger partial charge in [0.1, 0.15) is 0 Å². The molecule has 2 N–H and O–H groups in total. The molecule has 0 heterocycles. The Bertz CT molecular complexity index is 524. The van der Waals surface area contributed by atoms with Gasteiger partial charge in [0.25, 0.3) is 0 Å². The van der Waals surface area contributed by atoms with E-state index in [1.807, 2.05) is 13.8 Å². The molecule has 0 atom stereocenters. The van der Waals surface area contributed by atoms with Crippen molar-refractivity contribution in [2.75, 3.05) is 18.8 Å². The van der Waals surface area contributed by atoms with E-state index in [0.717, 1.165) is 25.7 Å². The molecule has 0 amide bonds. The first-order chi connectivity index (χ1) is 9.43. The zero-order chi connectivity index (χ0) is 15.2. The van der Waals surface area contributed by atoms with Gasteiger partial charge in [0.2, 0.25) is 10.0 Å². The van der Waals surface area contributed by atoms with E-state index in [-0.39, 0.29) is 4.90 Å². The fourth-order valence-corrected chi connectivity index (χ4v) is 3.52. The van der Waals surface area contributed by atoms with Gasteiger partial charge in [0.05, 0.1) is 15.6 Å². The second kappa shape index (κ2) is 7.86. The minimum Gasteiger partial charge on any atom is -0.397 e. The van der Waals surface area contributed by atoms with Crippen molar-refractivity contribution in [2.45, 2.75) is 44.4 Å². The molecule has 20 heavy (non-hydrogen) atoms. The van der Waals surface area contributed by atoms with Gasteiger partial charge < -0.3 is 5.73 Å². The maximum absolute atomic E-state index is 12.6. The third-order valence-corrected chi connectivity index (χ3v) is 5.37. The van der Waals surface area contributed by atoms with Crippen molar-refractivity contribution < 1.29 is 8.42 Å². The van der Waals surface area contributed by atoms with Crippen molar-refractivity contribution in [1.29, 1.82) is 0 Å². The van der Waals surface area contributed by atoms with Crippen molar-refractivity contribution in [3.63, 3.8) is 0 Å². The number of nitrogens with zero attached hydrogens (tertiary/aromatic N) is 1. The van der Waals surface area contributed by atoms with Gasteiger partial charge in [-0.2, -0.15) is 4.31 Å². The molecule has 0 saturated heterocycles. The molecule has 0 aliphatic carbocycles. The van der Waals surface area contributed by atoms with Crippen LogP contribution < -0.4 is 5.73 Å². The number of benzene rings is 1. The van der Waals surface area contributed by atoms with Crippen molar-refractivity contribution in [2.24, 2.45) is 0 Å². The van der Waals surface area contributed by atoms with Gasteiger partial charge >= 0.3 is 0 Å². The molecule has 1 rings (SSSR count). The number of rotatable bonds is 8. The summed E-state index contributed by atoms with van der Waals surface area (Å²) < 4.78 is 26.8. The monoisotopic (exact) mass is 318 g/mol. The van der Waals surface area contributed by atoms with Crippen molar-refractivity contribution in [3.8, 4) is 0 Å². The van der Waals surface area contributed by atoms with Gasteiger partial charge in [-0.05, 0) is 31.0 Å². The van der Waals surface area contributed by atoms with Crippen LogP contribution in [0.15, 0.2) is 23.1 Å². The lowest BCUT2D eigenvalue weighted by atomic mass is 10.3. The van der Waals surface area contributed by atoms with Gasteiger partial charge in [-0.15, -0.1) is 0 Å². The Morgan fingerprint density at radius 3 is 2.15 bits per heavy atom. The number of unbranched alkanes of at least 4 members (excludes halogenated alkanes) is 2. The molecule has 1 aromatic rings. The maximum atomic E-state index is 12.6. The van der Waals surface area contributed by atoms with Crippen LogP contribution in [-0.2, 0) is 10.0 Å². The van der Waals surface area contributed by atoms with E-state index in [9.17, 15) is 8.42 Å². The van der Waals surface area contributed by atoms with E-state index < -0.39 is 10.0 Å². The standard InChI is InChI=1S/C14H23ClN2O2S/c1-3-5-9-17(10-6-4-2)20(18,19)12-7-8-13(15)14(16)11-12/h7-8,11H,3-6,9-10,16H2,1-2H3. The first-order valence-electron chi connectivity index (χ1n) is 6.98. The van der Waals surface area contributed by atoms with Gasteiger partial charge in [-0.3, -0.25) is 0 Å². The highest BCUT2D eigenvalue weighted by molar-refractivity contribution is 7.89. The molecule has 0 aliphatic heterocycles. The number of nitrogen functional groups attached to an aromatic ring is 1. The first kappa shape index (κ1) is 17.3. The lowest BCUT2D eigenvalue weighted by Crippen LogP contribution is -2.33. The highest BCUT2D eigenvalue weighted by atomic mass is 35.5. The zero-order valence-corrected chi connectivity index (χ0v) is 13.7. The molecule has 1 aromatic carbocycles. The highest BCUT2D eigenvalue weighted by Crippen LogP contribution is 2.25. The van der Waals surface area contributed by atoms with Crippen molar-refractivity contribution in [3.05, 3.63) is 23.2 Å². The van der Waals surface area contributed by atoms with Crippen molar-refractivity contribution in [1.82, 2.24) is 4.31 Å². The molecule has 0 aromatic heterocycles. The van der Waals surface area contributed by atoms with E-state index in [4.69, 9.17) is 17.3 Å². The summed E-state index contributed by atoms with van der Waals surface area (Å²) in [6.45, 7) is 5.18. The van der Waals surface area contributed by atoms with Crippen LogP contribution in [0, 0.1) is 0 Å². The Morgan fingerprint density at radius 1 is 1.15 bits per heavy atom. The van der Waals surface area contributed by atoms with Gasteiger partial charge in [0, 0.05) is 13.1 Å². The van der Waals surface area contributed by atoms with Crippen LogP contribution in [0.5, 0.6) is 0 Å². The molecular weight excluding hydrogens is 296 g/mol. The Hall–Kier alpha value is -0.780. The van der Waals surface area contributed by atoms with Crippen LogP contribution in [0.2, 0.25) is 5.02 Å². The highest BCUT2D eigenvalue weighted by Gasteiger charge is 2.23. The summed E-state index contributed by atoms with van der Waals surface area (Å²) in [6.07, 6.45) is 3.62. The number of hydrogen-bond acceptors (Lipinski definition) is 3. The second-order valence-corrected chi connectivity index (χ2v) is 7.14. The molecule has 4 nitrogen and oxygen atoms in total. The lowest BCUT2D eigenvalue weighted by Gasteiger charge is -2.22. The number of hydrogen-bond donors (Lipinski definition) is 1. The predicted molar refractivity (Wildman–Crippen MR) is 84.4 cm³/mol. The van der Waals surface area contributed by atoms with Crippen molar-refractivity contribution >= 4 is 27.3 Å². The normalized spacial score (nSPS) is 12.0. The van der Waals surface area contributed by atoms with E-state index in [2.05, 4.69) is 0 Å². The Morgan fingerprint density at radius 2 is 1.70 bits per heavy atom. The summed E-state index contributed by atoms with van der Waals surface area (Å²) in [5.74, 6) is 0. The van der Waals surface area contributed by atoms with Gasteiger partial charge in [0.15, 0.2) is 0 Å². The van der Waals surface area contributed by atoms with E-state index in [1.165, 1.54) is 18.2 Å². The van der Waals surface area contributed by atoms with Crippen LogP contribution in [0.4, 0.5) is 5.69 Å². The second-order valence-electron chi connectivity index (χ2n) is 4.79. The topological polar surface area (TPSA) is 63.4 Å². The van der Waals surface area contributed by atoms with Crippen LogP contribution in [-0.4, -0.2) is 25.8 Å². The first-order valence-corrected chi connectivity index (χ1v) is 8.80. The molecular formula is C14H23ClN2O2S. The molecule has 0 radical (unpaired) electrons. The summed E-state index contributed by atoms with van der Waals surface area (Å²) in [6, 6.07) is 4.48. The average molecular weight is 319 g/mol. The van der Waals surface area contributed by atoms with Crippen LogP contribution in [0.25, 0.3) is 0 Å². The smallest absolute Gasteiger partial charge is 0.243 e. The third kappa shape index (κ3) is 4.36. The molecule has 0 unspecified atom stereocenters. The molecule has 114 valence electrons. The van der Waals surface area contributed by atoms with Gasteiger partial charge in [-0.25, -0.2) is 8.42 Å². The van der Waals surface area contributed by atoms with Crippen LogP contribution in [0.3, 0.4) is 0 Å². The number of anilines is 1. The zero-order valence-electron chi connectivity index (χ0n) is 12.1. The lowest BCUT2D eigenvalue weighted by molar-refractivity contribution is 0.395.